The highest BCUT2D eigenvalue weighted by Gasteiger charge is 2.21. The highest BCUT2D eigenvalue weighted by molar-refractivity contribution is 7.98. The molecule has 0 spiro atoms. The van der Waals surface area contributed by atoms with Crippen molar-refractivity contribution in [2.75, 3.05) is 6.79 Å². The summed E-state index contributed by atoms with van der Waals surface area (Å²) in [6, 6.07) is 13.3. The van der Waals surface area contributed by atoms with Crippen LogP contribution < -0.4 is 4.74 Å². The van der Waals surface area contributed by atoms with Crippen LogP contribution in [0, 0.1) is 10.1 Å². The van der Waals surface area contributed by atoms with Crippen LogP contribution in [-0.4, -0.2) is 11.7 Å². The number of non-ortho nitro benzene ring substituents is 1. The Morgan fingerprint density at radius 3 is 2.83 bits per heavy atom. The number of ether oxygens (including phenoxy) is 2. The van der Waals surface area contributed by atoms with Crippen molar-refractivity contribution in [2.45, 2.75) is 24.5 Å². The first kappa shape index (κ1) is 15.8. The Hall–Kier alpha value is -2.05. The highest BCUT2D eigenvalue weighted by atomic mass is 32.2. The first-order chi connectivity index (χ1) is 11.1. The summed E-state index contributed by atoms with van der Waals surface area (Å²) in [5.41, 5.74) is 2.92. The molecule has 1 atom stereocenters. The van der Waals surface area contributed by atoms with E-state index in [2.05, 4.69) is 19.1 Å². The van der Waals surface area contributed by atoms with Gasteiger partial charge in [-0.3, -0.25) is 10.1 Å². The van der Waals surface area contributed by atoms with E-state index >= 15 is 0 Å². The predicted molar refractivity (Wildman–Crippen MR) is 89.5 cm³/mol. The fourth-order valence-corrected chi connectivity index (χ4v) is 3.52. The lowest BCUT2D eigenvalue weighted by atomic mass is 10.1. The van der Waals surface area contributed by atoms with Gasteiger partial charge in [0, 0.05) is 34.3 Å². The molecule has 0 saturated heterocycles. The summed E-state index contributed by atoms with van der Waals surface area (Å²) in [5.74, 6) is 1.38. The highest BCUT2D eigenvalue weighted by Crippen LogP contribution is 2.38. The summed E-state index contributed by atoms with van der Waals surface area (Å²) < 4.78 is 10.8. The van der Waals surface area contributed by atoms with E-state index in [4.69, 9.17) is 9.47 Å². The van der Waals surface area contributed by atoms with Gasteiger partial charge in [0.1, 0.15) is 5.75 Å². The summed E-state index contributed by atoms with van der Waals surface area (Å²) in [7, 11) is 0. The lowest BCUT2D eigenvalue weighted by Gasteiger charge is -2.21. The number of fused-ring (bicyclic) bond motifs is 1. The number of rotatable bonds is 5. The lowest BCUT2D eigenvalue weighted by Crippen LogP contribution is -2.13. The van der Waals surface area contributed by atoms with Crippen LogP contribution in [0.2, 0.25) is 0 Å². The van der Waals surface area contributed by atoms with E-state index < -0.39 is 0 Å². The van der Waals surface area contributed by atoms with Crippen molar-refractivity contribution in [1.29, 1.82) is 0 Å². The quantitative estimate of drug-likeness (QED) is 0.598. The van der Waals surface area contributed by atoms with Gasteiger partial charge in [-0.25, -0.2) is 0 Å². The Bertz CT molecular complexity index is 705. The molecule has 1 aliphatic heterocycles. The van der Waals surface area contributed by atoms with Gasteiger partial charge in [-0.2, -0.15) is 0 Å². The number of hydrogen-bond donors (Lipinski definition) is 0. The monoisotopic (exact) mass is 331 g/mol. The summed E-state index contributed by atoms with van der Waals surface area (Å²) >= 11 is 1.73. The van der Waals surface area contributed by atoms with Crippen LogP contribution in [0.25, 0.3) is 0 Å². The van der Waals surface area contributed by atoms with E-state index in [0.29, 0.717) is 17.6 Å². The van der Waals surface area contributed by atoms with Crippen LogP contribution >= 0.6 is 11.8 Å². The molecular formula is C17H17NO4S. The molecule has 0 amide bonds. The second-order valence-electron chi connectivity index (χ2n) is 5.32. The van der Waals surface area contributed by atoms with Gasteiger partial charge in [-0.15, -0.1) is 11.8 Å². The van der Waals surface area contributed by atoms with Gasteiger partial charge >= 0.3 is 0 Å². The Morgan fingerprint density at radius 2 is 2.09 bits per heavy atom. The lowest BCUT2D eigenvalue weighted by molar-refractivity contribution is -0.385. The molecule has 0 aliphatic carbocycles. The smallest absolute Gasteiger partial charge is 0.270 e. The Balaban J connectivity index is 1.81. The number of nitro groups is 1. The molecule has 2 aromatic rings. The molecule has 0 saturated carbocycles. The standard InChI is InChI=1S/C17H17NO4S/c1-12(13-5-3-2-4-6-13)23-10-15-8-16(18(19)20)7-14-9-21-11-22-17(14)15/h2-8,12H,9-11H2,1H3. The van der Waals surface area contributed by atoms with Crippen LogP contribution in [-0.2, 0) is 17.1 Å². The molecule has 120 valence electrons. The molecule has 23 heavy (non-hydrogen) atoms. The van der Waals surface area contributed by atoms with Gasteiger partial charge in [0.25, 0.3) is 5.69 Å². The number of thioether (sulfide) groups is 1. The minimum atomic E-state index is -0.371. The van der Waals surface area contributed by atoms with Crippen molar-refractivity contribution < 1.29 is 14.4 Å². The minimum Gasteiger partial charge on any atom is -0.467 e. The average molecular weight is 331 g/mol. The topological polar surface area (TPSA) is 61.6 Å². The van der Waals surface area contributed by atoms with Gasteiger partial charge in [0.15, 0.2) is 6.79 Å². The molecule has 1 aliphatic rings. The maximum atomic E-state index is 11.1. The summed E-state index contributed by atoms with van der Waals surface area (Å²) in [6.45, 7) is 2.67. The molecule has 0 radical (unpaired) electrons. The second kappa shape index (κ2) is 7.02. The predicted octanol–water partition coefficient (Wildman–Crippen LogP) is 4.46. The van der Waals surface area contributed by atoms with Gasteiger partial charge in [0.2, 0.25) is 0 Å². The largest absolute Gasteiger partial charge is 0.467 e. The third kappa shape index (κ3) is 3.65. The van der Waals surface area contributed by atoms with Crippen molar-refractivity contribution >= 4 is 17.4 Å². The zero-order chi connectivity index (χ0) is 16.2. The molecule has 0 aromatic heterocycles. The fourth-order valence-electron chi connectivity index (χ4n) is 2.53. The normalized spacial score (nSPS) is 14.7. The molecule has 2 aromatic carbocycles. The Morgan fingerprint density at radius 1 is 1.30 bits per heavy atom. The zero-order valence-corrected chi connectivity index (χ0v) is 13.5. The van der Waals surface area contributed by atoms with Crippen LogP contribution in [0.5, 0.6) is 5.75 Å². The summed E-state index contributed by atoms with van der Waals surface area (Å²) in [5, 5.41) is 11.4. The van der Waals surface area contributed by atoms with Crippen LogP contribution in [0.15, 0.2) is 42.5 Å². The van der Waals surface area contributed by atoms with E-state index in [-0.39, 0.29) is 17.4 Å². The van der Waals surface area contributed by atoms with E-state index in [1.54, 1.807) is 17.8 Å². The van der Waals surface area contributed by atoms with Crippen LogP contribution in [0.4, 0.5) is 5.69 Å². The van der Waals surface area contributed by atoms with E-state index in [1.807, 2.05) is 18.2 Å². The number of nitro benzene ring substituents is 1. The number of benzene rings is 2. The van der Waals surface area contributed by atoms with E-state index in [1.165, 1.54) is 11.6 Å². The number of nitrogens with zero attached hydrogens (tertiary/aromatic N) is 1. The summed E-state index contributed by atoms with van der Waals surface area (Å²) in [6.07, 6.45) is 0. The molecule has 0 N–H and O–H groups in total. The Kier molecular flexibility index (Phi) is 4.83. The third-order valence-electron chi connectivity index (χ3n) is 3.74. The second-order valence-corrected chi connectivity index (χ2v) is 6.65. The molecule has 6 heteroatoms. The minimum absolute atomic E-state index is 0.0841. The van der Waals surface area contributed by atoms with Crippen molar-refractivity contribution in [1.82, 2.24) is 0 Å². The van der Waals surface area contributed by atoms with E-state index in [9.17, 15) is 10.1 Å². The SMILES string of the molecule is CC(SCc1cc([N+](=O)[O-])cc2c1OCOC2)c1ccccc1. The average Bonchev–Trinajstić information content (AvgIpc) is 2.59. The van der Waals surface area contributed by atoms with Gasteiger partial charge in [-0.1, -0.05) is 30.3 Å². The summed E-state index contributed by atoms with van der Waals surface area (Å²) in [4.78, 5) is 10.7. The zero-order valence-electron chi connectivity index (χ0n) is 12.7. The third-order valence-corrected chi connectivity index (χ3v) is 4.99. The van der Waals surface area contributed by atoms with Crippen LogP contribution in [0.3, 0.4) is 0 Å². The maximum absolute atomic E-state index is 11.1. The first-order valence-electron chi connectivity index (χ1n) is 7.32. The maximum Gasteiger partial charge on any atom is 0.270 e. The molecule has 1 unspecified atom stereocenters. The molecule has 3 rings (SSSR count). The molecular weight excluding hydrogens is 314 g/mol. The van der Waals surface area contributed by atoms with Crippen molar-refractivity contribution in [2.24, 2.45) is 0 Å². The van der Waals surface area contributed by atoms with Crippen molar-refractivity contribution in [3.8, 4) is 5.75 Å². The Labute approximate surface area is 138 Å². The van der Waals surface area contributed by atoms with Gasteiger partial charge in [0.05, 0.1) is 11.5 Å². The van der Waals surface area contributed by atoms with E-state index in [0.717, 1.165) is 16.9 Å². The van der Waals surface area contributed by atoms with Gasteiger partial charge in [-0.05, 0) is 12.5 Å². The molecule has 0 fully saturated rings. The number of hydrogen-bond acceptors (Lipinski definition) is 5. The van der Waals surface area contributed by atoms with Crippen molar-refractivity contribution in [3.63, 3.8) is 0 Å². The molecule has 0 bridgehead atoms. The molecule has 5 nitrogen and oxygen atoms in total. The van der Waals surface area contributed by atoms with Crippen LogP contribution in [0.1, 0.15) is 28.9 Å². The molecule has 1 heterocycles. The fraction of sp³-hybridized carbons (Fsp3) is 0.294. The first-order valence-corrected chi connectivity index (χ1v) is 8.37. The van der Waals surface area contributed by atoms with Gasteiger partial charge < -0.3 is 9.47 Å². The van der Waals surface area contributed by atoms with Crippen molar-refractivity contribution in [3.05, 3.63) is 69.3 Å².